The standard InChI is InChI=1S/C20H26N6O2S/c1-13(2)23-18-16-11-22-26(19(16)25-20(24-18)29-4)10-9-21-17(27)12-28-15-7-5-14(3)6-8-15/h5-8,11,13H,9-10,12H2,1-4H3,(H,21,27)(H,23,24,25). The van der Waals surface area contributed by atoms with Gasteiger partial charge in [0.1, 0.15) is 11.6 Å². The molecule has 3 rings (SSSR count). The van der Waals surface area contributed by atoms with Crippen LogP contribution in [0.1, 0.15) is 19.4 Å². The van der Waals surface area contributed by atoms with Crippen molar-refractivity contribution in [3.05, 3.63) is 36.0 Å². The molecule has 2 heterocycles. The first kappa shape index (κ1) is 20.9. The lowest BCUT2D eigenvalue weighted by Crippen LogP contribution is -2.31. The van der Waals surface area contributed by atoms with Crippen molar-refractivity contribution < 1.29 is 9.53 Å². The van der Waals surface area contributed by atoms with Gasteiger partial charge in [0.05, 0.1) is 18.1 Å². The van der Waals surface area contributed by atoms with Gasteiger partial charge < -0.3 is 15.4 Å². The Morgan fingerprint density at radius 2 is 2.00 bits per heavy atom. The molecule has 2 aromatic heterocycles. The third kappa shape index (κ3) is 5.60. The van der Waals surface area contributed by atoms with Crippen LogP contribution in [0.4, 0.5) is 5.82 Å². The zero-order chi connectivity index (χ0) is 20.8. The van der Waals surface area contributed by atoms with Gasteiger partial charge in [-0.05, 0) is 39.2 Å². The Balaban J connectivity index is 1.58. The summed E-state index contributed by atoms with van der Waals surface area (Å²) in [7, 11) is 0. The number of carbonyl (C=O) groups excluding carboxylic acids is 1. The van der Waals surface area contributed by atoms with Gasteiger partial charge in [-0.25, -0.2) is 14.6 Å². The molecule has 0 radical (unpaired) electrons. The minimum absolute atomic E-state index is 0.0236. The number of amides is 1. The van der Waals surface area contributed by atoms with E-state index in [0.717, 1.165) is 22.4 Å². The maximum atomic E-state index is 12.0. The monoisotopic (exact) mass is 414 g/mol. The quantitative estimate of drug-likeness (QED) is 0.411. The molecule has 2 N–H and O–H groups in total. The number of nitrogens with zero attached hydrogens (tertiary/aromatic N) is 4. The van der Waals surface area contributed by atoms with Crippen LogP contribution in [0.2, 0.25) is 0 Å². The van der Waals surface area contributed by atoms with E-state index in [1.165, 1.54) is 11.8 Å². The number of ether oxygens (including phenoxy) is 1. The molecule has 0 aliphatic heterocycles. The Morgan fingerprint density at radius 3 is 2.69 bits per heavy atom. The van der Waals surface area contributed by atoms with Gasteiger partial charge in [0.15, 0.2) is 17.4 Å². The summed E-state index contributed by atoms with van der Waals surface area (Å²) in [4.78, 5) is 21.2. The Bertz CT molecular complexity index is 971. The summed E-state index contributed by atoms with van der Waals surface area (Å²) in [5, 5.41) is 12.2. The summed E-state index contributed by atoms with van der Waals surface area (Å²) in [6.45, 7) is 7.04. The van der Waals surface area contributed by atoms with Crippen molar-refractivity contribution in [3.63, 3.8) is 0 Å². The lowest BCUT2D eigenvalue weighted by molar-refractivity contribution is -0.123. The minimum atomic E-state index is -0.177. The number of rotatable bonds is 9. The Hall–Kier alpha value is -2.81. The molecule has 3 aromatic rings. The average Bonchev–Trinajstić information content (AvgIpc) is 3.10. The van der Waals surface area contributed by atoms with Crippen LogP contribution in [0.3, 0.4) is 0 Å². The van der Waals surface area contributed by atoms with E-state index in [1.807, 2.05) is 37.4 Å². The predicted molar refractivity (Wildman–Crippen MR) is 116 cm³/mol. The normalized spacial score (nSPS) is 11.1. The van der Waals surface area contributed by atoms with E-state index in [0.29, 0.717) is 24.0 Å². The highest BCUT2D eigenvalue weighted by Crippen LogP contribution is 2.23. The summed E-state index contributed by atoms with van der Waals surface area (Å²) in [6.07, 6.45) is 3.70. The second kappa shape index (κ2) is 9.60. The second-order valence-electron chi connectivity index (χ2n) is 6.91. The predicted octanol–water partition coefficient (Wildman–Crippen LogP) is 2.87. The average molecular weight is 415 g/mol. The van der Waals surface area contributed by atoms with Crippen molar-refractivity contribution >= 4 is 34.5 Å². The highest BCUT2D eigenvalue weighted by Gasteiger charge is 2.13. The smallest absolute Gasteiger partial charge is 0.258 e. The molecule has 9 heteroatoms. The number of fused-ring (bicyclic) bond motifs is 1. The van der Waals surface area contributed by atoms with Crippen molar-refractivity contribution in [2.75, 3.05) is 24.7 Å². The number of hydrogen-bond acceptors (Lipinski definition) is 7. The van der Waals surface area contributed by atoms with E-state index in [-0.39, 0.29) is 18.6 Å². The van der Waals surface area contributed by atoms with Crippen LogP contribution < -0.4 is 15.4 Å². The fourth-order valence-electron chi connectivity index (χ4n) is 2.71. The molecule has 154 valence electrons. The first-order valence-electron chi connectivity index (χ1n) is 9.46. The van der Waals surface area contributed by atoms with Gasteiger partial charge >= 0.3 is 0 Å². The molecule has 0 unspecified atom stereocenters. The van der Waals surface area contributed by atoms with E-state index in [4.69, 9.17) is 4.74 Å². The number of carbonyl (C=O) groups is 1. The van der Waals surface area contributed by atoms with Crippen molar-refractivity contribution in [1.29, 1.82) is 0 Å². The molecule has 0 saturated heterocycles. The molecule has 0 aliphatic rings. The number of thioether (sulfide) groups is 1. The van der Waals surface area contributed by atoms with Crippen LogP contribution in [0, 0.1) is 6.92 Å². The molecule has 0 saturated carbocycles. The molecule has 0 aliphatic carbocycles. The van der Waals surface area contributed by atoms with Gasteiger partial charge in [-0.2, -0.15) is 5.10 Å². The Labute approximate surface area is 174 Å². The summed E-state index contributed by atoms with van der Waals surface area (Å²) in [5.41, 5.74) is 1.89. The number of nitrogens with one attached hydrogen (secondary N) is 2. The number of aromatic nitrogens is 4. The van der Waals surface area contributed by atoms with Gasteiger partial charge in [0.2, 0.25) is 0 Å². The number of hydrogen-bond donors (Lipinski definition) is 2. The van der Waals surface area contributed by atoms with Gasteiger partial charge in [-0.15, -0.1) is 0 Å². The van der Waals surface area contributed by atoms with Crippen LogP contribution in [-0.2, 0) is 11.3 Å². The van der Waals surface area contributed by atoms with E-state index < -0.39 is 0 Å². The molecule has 8 nitrogen and oxygen atoms in total. The maximum Gasteiger partial charge on any atom is 0.258 e. The molecule has 29 heavy (non-hydrogen) atoms. The Morgan fingerprint density at radius 1 is 1.24 bits per heavy atom. The SMILES string of the molecule is CSc1nc(NC(C)C)c2cnn(CCNC(=O)COc3ccc(C)cc3)c2n1. The molecule has 1 aromatic carbocycles. The van der Waals surface area contributed by atoms with Crippen LogP contribution in [0.25, 0.3) is 11.0 Å². The molecule has 0 atom stereocenters. The second-order valence-corrected chi connectivity index (χ2v) is 7.69. The first-order valence-corrected chi connectivity index (χ1v) is 10.7. The summed E-state index contributed by atoms with van der Waals surface area (Å²) in [6, 6.07) is 7.85. The van der Waals surface area contributed by atoms with Gasteiger partial charge in [-0.3, -0.25) is 4.79 Å². The minimum Gasteiger partial charge on any atom is -0.484 e. The van der Waals surface area contributed by atoms with Crippen LogP contribution in [0.15, 0.2) is 35.6 Å². The van der Waals surface area contributed by atoms with Crippen molar-refractivity contribution in [2.24, 2.45) is 0 Å². The maximum absolute atomic E-state index is 12.0. The molecule has 1 amide bonds. The van der Waals surface area contributed by atoms with E-state index in [9.17, 15) is 4.79 Å². The fourth-order valence-corrected chi connectivity index (χ4v) is 3.07. The molecular formula is C20H26N6O2S. The van der Waals surface area contributed by atoms with Gasteiger partial charge in [0.25, 0.3) is 5.91 Å². The van der Waals surface area contributed by atoms with E-state index in [2.05, 4.69) is 39.5 Å². The van der Waals surface area contributed by atoms with E-state index in [1.54, 1.807) is 10.9 Å². The van der Waals surface area contributed by atoms with Crippen molar-refractivity contribution in [2.45, 2.75) is 38.5 Å². The van der Waals surface area contributed by atoms with Crippen LogP contribution in [-0.4, -0.2) is 51.1 Å². The number of benzene rings is 1. The van der Waals surface area contributed by atoms with Crippen molar-refractivity contribution in [3.8, 4) is 5.75 Å². The van der Waals surface area contributed by atoms with Crippen LogP contribution in [0.5, 0.6) is 5.75 Å². The number of anilines is 1. The van der Waals surface area contributed by atoms with Gasteiger partial charge in [-0.1, -0.05) is 29.5 Å². The zero-order valence-corrected chi connectivity index (χ0v) is 17.9. The van der Waals surface area contributed by atoms with Gasteiger partial charge in [0, 0.05) is 12.6 Å². The molecular weight excluding hydrogens is 388 g/mol. The first-order chi connectivity index (χ1) is 14.0. The topological polar surface area (TPSA) is 94.0 Å². The largest absolute Gasteiger partial charge is 0.484 e. The third-order valence-corrected chi connectivity index (χ3v) is 4.67. The van der Waals surface area contributed by atoms with Crippen molar-refractivity contribution in [1.82, 2.24) is 25.1 Å². The lowest BCUT2D eigenvalue weighted by Gasteiger charge is -2.11. The third-order valence-electron chi connectivity index (χ3n) is 4.12. The summed E-state index contributed by atoms with van der Waals surface area (Å²) >= 11 is 1.48. The molecule has 0 fully saturated rings. The Kier molecular flexibility index (Phi) is 6.92. The molecule has 0 bridgehead atoms. The zero-order valence-electron chi connectivity index (χ0n) is 17.1. The highest BCUT2D eigenvalue weighted by molar-refractivity contribution is 7.98. The highest BCUT2D eigenvalue weighted by atomic mass is 32.2. The summed E-state index contributed by atoms with van der Waals surface area (Å²) in [5.74, 6) is 1.27. The van der Waals surface area contributed by atoms with E-state index >= 15 is 0 Å². The summed E-state index contributed by atoms with van der Waals surface area (Å²) < 4.78 is 7.28. The fraction of sp³-hybridized carbons (Fsp3) is 0.400. The lowest BCUT2D eigenvalue weighted by atomic mass is 10.2. The number of aryl methyl sites for hydroxylation is 1. The van der Waals surface area contributed by atoms with Crippen LogP contribution >= 0.6 is 11.8 Å². The molecule has 0 spiro atoms.